The molecular weight excluding hydrogens is 444 g/mol. The Balaban J connectivity index is 1.45. The Bertz CT molecular complexity index is 1290. The first-order chi connectivity index (χ1) is 16.2. The van der Waals surface area contributed by atoms with E-state index in [1.165, 1.54) is 38.8 Å². The standard InChI is InChI=1S/C28H32N2O3S/c1-20-7-5-10-27(21(20)2)24-13-11-22(12-14-24)23-15-17-30(18-16-23)34(32,33)26-9-6-8-25(19-26)28(31)29(3)4/h5-14,19,23H,15-18H2,1-4H3. The van der Waals surface area contributed by atoms with Gasteiger partial charge in [0.25, 0.3) is 5.91 Å². The molecule has 3 aromatic rings. The molecule has 1 aliphatic heterocycles. The summed E-state index contributed by atoms with van der Waals surface area (Å²) in [6.07, 6.45) is 1.55. The molecule has 1 amide bonds. The van der Waals surface area contributed by atoms with Gasteiger partial charge in [-0.3, -0.25) is 4.79 Å². The summed E-state index contributed by atoms with van der Waals surface area (Å²) in [7, 11) is -0.327. The molecule has 1 fully saturated rings. The Labute approximate surface area is 203 Å². The fraction of sp³-hybridized carbons (Fsp3) is 0.321. The van der Waals surface area contributed by atoms with Crippen molar-refractivity contribution in [1.82, 2.24) is 9.21 Å². The highest BCUT2D eigenvalue weighted by Gasteiger charge is 2.30. The predicted octanol–water partition coefficient (Wildman–Crippen LogP) is 5.24. The summed E-state index contributed by atoms with van der Waals surface area (Å²) in [5.41, 5.74) is 6.67. The zero-order valence-corrected chi connectivity index (χ0v) is 21.1. The van der Waals surface area contributed by atoms with Gasteiger partial charge in [-0.05, 0) is 78.6 Å². The fourth-order valence-electron chi connectivity index (χ4n) is 4.63. The van der Waals surface area contributed by atoms with Crippen LogP contribution in [0.4, 0.5) is 0 Å². The van der Waals surface area contributed by atoms with Crippen molar-refractivity contribution < 1.29 is 13.2 Å². The molecule has 0 saturated carbocycles. The van der Waals surface area contributed by atoms with Gasteiger partial charge in [0.15, 0.2) is 0 Å². The molecule has 34 heavy (non-hydrogen) atoms. The van der Waals surface area contributed by atoms with E-state index < -0.39 is 10.0 Å². The maximum absolute atomic E-state index is 13.2. The molecule has 178 valence electrons. The molecule has 0 radical (unpaired) electrons. The Morgan fingerprint density at radius 3 is 2.21 bits per heavy atom. The number of piperidine rings is 1. The van der Waals surface area contributed by atoms with E-state index in [-0.39, 0.29) is 10.8 Å². The summed E-state index contributed by atoms with van der Waals surface area (Å²) in [6, 6.07) is 21.4. The summed E-state index contributed by atoms with van der Waals surface area (Å²) < 4.78 is 28.0. The van der Waals surface area contributed by atoms with Gasteiger partial charge < -0.3 is 4.90 Å². The van der Waals surface area contributed by atoms with Gasteiger partial charge in [0.1, 0.15) is 0 Å². The average molecular weight is 477 g/mol. The lowest BCUT2D eigenvalue weighted by Crippen LogP contribution is -2.38. The number of sulfonamides is 1. The molecule has 0 aliphatic carbocycles. The molecule has 0 atom stereocenters. The van der Waals surface area contributed by atoms with Crippen LogP contribution >= 0.6 is 0 Å². The first-order valence-corrected chi connectivity index (χ1v) is 13.1. The molecule has 0 N–H and O–H groups in total. The van der Waals surface area contributed by atoms with Crippen molar-refractivity contribution in [2.24, 2.45) is 0 Å². The molecular formula is C28H32N2O3S. The van der Waals surface area contributed by atoms with Gasteiger partial charge in [0.05, 0.1) is 4.90 Å². The van der Waals surface area contributed by atoms with E-state index >= 15 is 0 Å². The minimum atomic E-state index is -3.64. The van der Waals surface area contributed by atoms with E-state index in [2.05, 4.69) is 56.3 Å². The minimum Gasteiger partial charge on any atom is -0.345 e. The lowest BCUT2D eigenvalue weighted by molar-refractivity contribution is 0.0827. The Kier molecular flexibility index (Phi) is 6.91. The number of amides is 1. The second kappa shape index (κ2) is 9.72. The van der Waals surface area contributed by atoms with Crippen LogP contribution in [0.3, 0.4) is 0 Å². The van der Waals surface area contributed by atoms with E-state index in [4.69, 9.17) is 0 Å². The topological polar surface area (TPSA) is 57.7 Å². The number of hydrogen-bond donors (Lipinski definition) is 0. The molecule has 0 unspecified atom stereocenters. The van der Waals surface area contributed by atoms with Crippen molar-refractivity contribution >= 4 is 15.9 Å². The smallest absolute Gasteiger partial charge is 0.253 e. The highest BCUT2D eigenvalue weighted by atomic mass is 32.2. The molecule has 0 bridgehead atoms. The zero-order valence-electron chi connectivity index (χ0n) is 20.3. The number of aryl methyl sites for hydroxylation is 1. The minimum absolute atomic E-state index is 0.177. The number of carbonyl (C=O) groups is 1. The van der Waals surface area contributed by atoms with Crippen LogP contribution in [0.25, 0.3) is 11.1 Å². The number of carbonyl (C=O) groups excluding carboxylic acids is 1. The highest BCUT2D eigenvalue weighted by Crippen LogP contribution is 2.33. The summed E-state index contributed by atoms with van der Waals surface area (Å²) >= 11 is 0. The normalized spacial score (nSPS) is 15.3. The van der Waals surface area contributed by atoms with E-state index in [9.17, 15) is 13.2 Å². The number of hydrogen-bond acceptors (Lipinski definition) is 3. The average Bonchev–Trinajstić information content (AvgIpc) is 2.85. The number of nitrogens with zero attached hydrogens (tertiary/aromatic N) is 2. The van der Waals surface area contributed by atoms with Gasteiger partial charge in [-0.15, -0.1) is 0 Å². The molecule has 5 nitrogen and oxygen atoms in total. The van der Waals surface area contributed by atoms with E-state index in [0.717, 1.165) is 12.8 Å². The number of rotatable bonds is 5. The summed E-state index contributed by atoms with van der Waals surface area (Å²) in [6.45, 7) is 5.22. The molecule has 0 aromatic heterocycles. The highest BCUT2D eigenvalue weighted by molar-refractivity contribution is 7.89. The largest absolute Gasteiger partial charge is 0.345 e. The molecule has 1 heterocycles. The SMILES string of the molecule is Cc1cccc(-c2ccc(C3CCN(S(=O)(=O)c4cccc(C(=O)N(C)C)c4)CC3)cc2)c1C. The molecule has 0 spiro atoms. The first kappa shape index (κ1) is 24.2. The summed E-state index contributed by atoms with van der Waals surface area (Å²) in [5.74, 6) is 0.126. The fourth-order valence-corrected chi connectivity index (χ4v) is 6.14. The first-order valence-electron chi connectivity index (χ1n) is 11.7. The summed E-state index contributed by atoms with van der Waals surface area (Å²) in [5, 5.41) is 0. The maximum atomic E-state index is 13.2. The van der Waals surface area contributed by atoms with Crippen LogP contribution < -0.4 is 0 Å². The lowest BCUT2D eigenvalue weighted by Gasteiger charge is -2.31. The Morgan fingerprint density at radius 1 is 0.912 bits per heavy atom. The van der Waals surface area contributed by atoms with Crippen LogP contribution in [-0.4, -0.2) is 50.7 Å². The maximum Gasteiger partial charge on any atom is 0.253 e. The van der Waals surface area contributed by atoms with Crippen molar-refractivity contribution in [2.75, 3.05) is 27.2 Å². The molecule has 6 heteroatoms. The quantitative estimate of drug-likeness (QED) is 0.506. The molecule has 1 saturated heterocycles. The van der Waals surface area contributed by atoms with Crippen molar-refractivity contribution in [3.05, 3.63) is 89.0 Å². The Morgan fingerprint density at radius 2 is 1.56 bits per heavy atom. The van der Waals surface area contributed by atoms with Gasteiger partial charge in [-0.25, -0.2) is 8.42 Å². The van der Waals surface area contributed by atoms with Gasteiger partial charge >= 0.3 is 0 Å². The van der Waals surface area contributed by atoms with Crippen LogP contribution in [0.1, 0.15) is 45.8 Å². The third-order valence-electron chi connectivity index (χ3n) is 6.88. The van der Waals surface area contributed by atoms with Crippen LogP contribution in [0.2, 0.25) is 0 Å². The second-order valence-electron chi connectivity index (χ2n) is 9.28. The van der Waals surface area contributed by atoms with E-state index in [1.54, 1.807) is 36.6 Å². The molecule has 1 aliphatic rings. The van der Waals surface area contributed by atoms with Gasteiger partial charge in [0.2, 0.25) is 10.0 Å². The van der Waals surface area contributed by atoms with Crippen LogP contribution in [0, 0.1) is 13.8 Å². The van der Waals surface area contributed by atoms with E-state index in [0.29, 0.717) is 24.6 Å². The van der Waals surface area contributed by atoms with Crippen molar-refractivity contribution in [3.63, 3.8) is 0 Å². The van der Waals surface area contributed by atoms with E-state index in [1.807, 2.05) is 0 Å². The third-order valence-corrected chi connectivity index (χ3v) is 8.77. The molecule has 3 aromatic carbocycles. The van der Waals surface area contributed by atoms with Crippen LogP contribution in [0.15, 0.2) is 71.6 Å². The Hall–Kier alpha value is -2.96. The second-order valence-corrected chi connectivity index (χ2v) is 11.2. The van der Waals surface area contributed by atoms with Gasteiger partial charge in [0, 0.05) is 32.7 Å². The summed E-state index contributed by atoms with van der Waals surface area (Å²) in [4.78, 5) is 13.9. The predicted molar refractivity (Wildman–Crippen MR) is 137 cm³/mol. The van der Waals surface area contributed by atoms with Crippen molar-refractivity contribution in [2.45, 2.75) is 37.5 Å². The van der Waals surface area contributed by atoms with Gasteiger partial charge in [-0.2, -0.15) is 4.31 Å². The van der Waals surface area contributed by atoms with Crippen molar-refractivity contribution in [1.29, 1.82) is 0 Å². The van der Waals surface area contributed by atoms with Crippen LogP contribution in [-0.2, 0) is 10.0 Å². The van der Waals surface area contributed by atoms with Crippen LogP contribution in [0.5, 0.6) is 0 Å². The van der Waals surface area contributed by atoms with Gasteiger partial charge in [-0.1, -0.05) is 48.5 Å². The molecule has 4 rings (SSSR count). The zero-order chi connectivity index (χ0) is 24.5. The number of benzene rings is 3. The lowest BCUT2D eigenvalue weighted by atomic mass is 9.88. The monoisotopic (exact) mass is 476 g/mol. The van der Waals surface area contributed by atoms with Crippen molar-refractivity contribution in [3.8, 4) is 11.1 Å². The third kappa shape index (κ3) is 4.79.